The highest BCUT2D eigenvalue weighted by atomic mass is 32.2. The van der Waals surface area contributed by atoms with Gasteiger partial charge in [0.25, 0.3) is 0 Å². The first-order chi connectivity index (χ1) is 13.2. The normalized spacial score (nSPS) is 14.5. The molecule has 3 rings (SSSR count). The van der Waals surface area contributed by atoms with E-state index in [1.54, 1.807) is 12.1 Å². The molecule has 0 unspecified atom stereocenters. The molecule has 1 aromatic carbocycles. The molecule has 1 aromatic heterocycles. The van der Waals surface area contributed by atoms with E-state index in [0.29, 0.717) is 23.4 Å². The monoisotopic (exact) mass is 424 g/mol. The Kier molecular flexibility index (Phi) is 5.73. The minimum Gasteiger partial charge on any atom is -0.481 e. The van der Waals surface area contributed by atoms with Gasteiger partial charge in [0, 0.05) is 24.4 Å². The third kappa shape index (κ3) is 3.89. The molecular formula is C18H20N2O6S2. The molecule has 10 heteroatoms. The van der Waals surface area contributed by atoms with Crippen LogP contribution in [0.25, 0.3) is 0 Å². The van der Waals surface area contributed by atoms with Gasteiger partial charge in [-0.25, -0.2) is 13.2 Å². The van der Waals surface area contributed by atoms with Gasteiger partial charge in [0.05, 0.1) is 17.6 Å². The van der Waals surface area contributed by atoms with Crippen LogP contribution in [-0.4, -0.2) is 43.4 Å². The van der Waals surface area contributed by atoms with Crippen molar-refractivity contribution in [3.63, 3.8) is 0 Å². The number of ether oxygens (including phenoxy) is 1. The Balaban J connectivity index is 1.81. The predicted octanol–water partition coefficient (Wildman–Crippen LogP) is 1.88. The fraction of sp³-hybridized carbons (Fsp3) is 0.333. The number of carbonyl (C=O) groups excluding carboxylic acids is 1. The van der Waals surface area contributed by atoms with Crippen LogP contribution in [0.3, 0.4) is 0 Å². The van der Waals surface area contributed by atoms with E-state index in [2.05, 4.69) is 0 Å². The van der Waals surface area contributed by atoms with Crippen molar-refractivity contribution in [2.75, 3.05) is 19.4 Å². The van der Waals surface area contributed by atoms with E-state index in [1.807, 2.05) is 0 Å². The van der Waals surface area contributed by atoms with E-state index in [-0.39, 0.29) is 24.4 Å². The molecular weight excluding hydrogens is 404 g/mol. The number of nitrogen functional groups attached to an aromatic ring is 1. The van der Waals surface area contributed by atoms with Crippen LogP contribution in [0.15, 0.2) is 29.2 Å². The van der Waals surface area contributed by atoms with Crippen LogP contribution in [0.2, 0.25) is 0 Å². The average Bonchev–Trinajstić information content (AvgIpc) is 3.01. The van der Waals surface area contributed by atoms with Crippen LogP contribution in [0, 0.1) is 0 Å². The van der Waals surface area contributed by atoms with Crippen molar-refractivity contribution in [2.45, 2.75) is 30.7 Å². The molecule has 0 saturated carbocycles. The Morgan fingerprint density at radius 2 is 1.96 bits per heavy atom. The minimum atomic E-state index is -3.72. The Morgan fingerprint density at radius 3 is 2.57 bits per heavy atom. The van der Waals surface area contributed by atoms with Gasteiger partial charge in [0.1, 0.15) is 5.00 Å². The van der Waals surface area contributed by atoms with Crippen LogP contribution in [0.4, 0.5) is 5.00 Å². The summed E-state index contributed by atoms with van der Waals surface area (Å²) >= 11 is 1.20. The summed E-state index contributed by atoms with van der Waals surface area (Å²) in [7, 11) is -2.43. The standard InChI is InChI=1S/C18H20N2O6S2/c1-26-18(23)16-13-8-9-20(10-14(13)27-17(16)19)28(24,25)12-5-2-11(3-6-12)4-7-15(21)22/h2-3,5-6H,4,7-10,19H2,1H3,(H,21,22). The molecule has 0 amide bonds. The average molecular weight is 425 g/mol. The summed E-state index contributed by atoms with van der Waals surface area (Å²) < 4.78 is 32.1. The van der Waals surface area contributed by atoms with E-state index < -0.39 is 22.0 Å². The number of carboxylic acid groups (broad SMARTS) is 1. The number of anilines is 1. The highest BCUT2D eigenvalue weighted by Crippen LogP contribution is 2.37. The Bertz CT molecular complexity index is 1010. The van der Waals surface area contributed by atoms with Crippen molar-refractivity contribution in [1.82, 2.24) is 4.31 Å². The van der Waals surface area contributed by atoms with Gasteiger partial charge in [-0.3, -0.25) is 4.79 Å². The molecule has 0 bridgehead atoms. The molecule has 150 valence electrons. The molecule has 0 atom stereocenters. The van der Waals surface area contributed by atoms with Gasteiger partial charge in [-0.05, 0) is 36.1 Å². The van der Waals surface area contributed by atoms with Gasteiger partial charge < -0.3 is 15.6 Å². The van der Waals surface area contributed by atoms with Crippen LogP contribution in [0.5, 0.6) is 0 Å². The number of nitrogens with zero attached hydrogens (tertiary/aromatic N) is 1. The van der Waals surface area contributed by atoms with E-state index >= 15 is 0 Å². The summed E-state index contributed by atoms with van der Waals surface area (Å²) in [6.07, 6.45) is 0.709. The van der Waals surface area contributed by atoms with Crippen molar-refractivity contribution in [1.29, 1.82) is 0 Å². The lowest BCUT2D eigenvalue weighted by atomic mass is 10.0. The summed E-state index contributed by atoms with van der Waals surface area (Å²) in [5.74, 6) is -1.41. The number of rotatable bonds is 6. The topological polar surface area (TPSA) is 127 Å². The van der Waals surface area contributed by atoms with Gasteiger partial charge in [-0.15, -0.1) is 11.3 Å². The molecule has 8 nitrogen and oxygen atoms in total. The molecule has 1 aliphatic heterocycles. The Hall–Kier alpha value is -2.43. The van der Waals surface area contributed by atoms with Gasteiger partial charge in [0.2, 0.25) is 10.0 Å². The highest BCUT2D eigenvalue weighted by molar-refractivity contribution is 7.89. The summed E-state index contributed by atoms with van der Waals surface area (Å²) in [6, 6.07) is 6.24. The molecule has 28 heavy (non-hydrogen) atoms. The number of fused-ring (bicyclic) bond motifs is 1. The molecule has 0 saturated heterocycles. The van der Waals surface area contributed by atoms with Gasteiger partial charge in [-0.1, -0.05) is 12.1 Å². The Morgan fingerprint density at radius 1 is 1.29 bits per heavy atom. The second kappa shape index (κ2) is 7.90. The number of aryl methyl sites for hydroxylation is 1. The molecule has 0 fully saturated rings. The van der Waals surface area contributed by atoms with Crippen molar-refractivity contribution in [2.24, 2.45) is 0 Å². The van der Waals surface area contributed by atoms with Crippen molar-refractivity contribution >= 4 is 38.3 Å². The zero-order chi connectivity index (χ0) is 20.5. The molecule has 0 aliphatic carbocycles. The van der Waals surface area contributed by atoms with E-state index in [1.165, 1.54) is 34.9 Å². The number of sulfonamides is 1. The molecule has 0 radical (unpaired) electrons. The summed E-state index contributed by atoms with van der Waals surface area (Å²) in [5.41, 5.74) is 7.79. The summed E-state index contributed by atoms with van der Waals surface area (Å²) in [6.45, 7) is 0.376. The zero-order valence-electron chi connectivity index (χ0n) is 15.2. The molecule has 0 spiro atoms. The number of nitrogens with two attached hydrogens (primary N) is 1. The molecule has 1 aliphatic rings. The largest absolute Gasteiger partial charge is 0.481 e. The molecule has 3 N–H and O–H groups in total. The minimum absolute atomic E-state index is 0.0106. The number of aliphatic carboxylic acids is 1. The summed E-state index contributed by atoms with van der Waals surface area (Å²) in [4.78, 5) is 23.5. The lowest BCUT2D eigenvalue weighted by Crippen LogP contribution is -2.35. The number of carboxylic acids is 1. The maximum absolute atomic E-state index is 13.0. The molecule has 2 heterocycles. The third-order valence-electron chi connectivity index (χ3n) is 4.63. The van der Waals surface area contributed by atoms with Gasteiger partial charge >= 0.3 is 11.9 Å². The maximum atomic E-state index is 13.0. The van der Waals surface area contributed by atoms with Crippen molar-refractivity contribution in [3.05, 3.63) is 45.8 Å². The zero-order valence-corrected chi connectivity index (χ0v) is 16.8. The van der Waals surface area contributed by atoms with Crippen LogP contribution in [0.1, 0.15) is 32.8 Å². The maximum Gasteiger partial charge on any atom is 0.341 e. The number of carbonyl (C=O) groups is 2. The lowest BCUT2D eigenvalue weighted by Gasteiger charge is -2.26. The molecule has 2 aromatic rings. The van der Waals surface area contributed by atoms with Gasteiger partial charge in [0.15, 0.2) is 0 Å². The number of benzene rings is 1. The first-order valence-corrected chi connectivity index (χ1v) is 10.8. The fourth-order valence-electron chi connectivity index (χ4n) is 3.16. The van der Waals surface area contributed by atoms with E-state index in [0.717, 1.165) is 16.0 Å². The lowest BCUT2D eigenvalue weighted by molar-refractivity contribution is -0.136. The quantitative estimate of drug-likeness (QED) is 0.678. The first kappa shape index (κ1) is 20.3. The number of hydrogen-bond donors (Lipinski definition) is 2. The van der Waals surface area contributed by atoms with Gasteiger partial charge in [-0.2, -0.15) is 4.31 Å². The number of thiophene rings is 1. The van der Waals surface area contributed by atoms with E-state index in [9.17, 15) is 18.0 Å². The summed E-state index contributed by atoms with van der Waals surface area (Å²) in [5, 5.41) is 9.07. The SMILES string of the molecule is COC(=O)c1c(N)sc2c1CCN(S(=O)(=O)c1ccc(CCC(=O)O)cc1)C2. The third-order valence-corrected chi connectivity index (χ3v) is 7.53. The Labute approximate surface area is 166 Å². The fourth-order valence-corrected chi connectivity index (χ4v) is 5.77. The van der Waals surface area contributed by atoms with Crippen LogP contribution < -0.4 is 5.73 Å². The van der Waals surface area contributed by atoms with E-state index in [4.69, 9.17) is 15.6 Å². The second-order valence-electron chi connectivity index (χ2n) is 6.36. The number of hydrogen-bond acceptors (Lipinski definition) is 7. The predicted molar refractivity (Wildman–Crippen MR) is 104 cm³/mol. The first-order valence-electron chi connectivity index (χ1n) is 8.53. The van der Waals surface area contributed by atoms with Crippen LogP contribution in [-0.2, 0) is 38.9 Å². The van der Waals surface area contributed by atoms with Crippen LogP contribution >= 0.6 is 11.3 Å². The van der Waals surface area contributed by atoms with Crippen molar-refractivity contribution < 1.29 is 27.9 Å². The smallest absolute Gasteiger partial charge is 0.341 e. The van der Waals surface area contributed by atoms with Crippen molar-refractivity contribution in [3.8, 4) is 0 Å². The number of esters is 1. The highest BCUT2D eigenvalue weighted by Gasteiger charge is 2.33. The number of methoxy groups -OCH3 is 1. The second-order valence-corrected chi connectivity index (χ2v) is 9.44.